The van der Waals surface area contributed by atoms with Gasteiger partial charge in [0.15, 0.2) is 0 Å². The van der Waals surface area contributed by atoms with Crippen LogP contribution in [0.4, 0.5) is 5.69 Å². The van der Waals surface area contributed by atoms with Crippen molar-refractivity contribution in [3.05, 3.63) is 29.8 Å². The average molecular weight is 441 g/mol. The number of aliphatic hydroxyl groups excluding tert-OH is 1. The van der Waals surface area contributed by atoms with Crippen LogP contribution in [-0.2, 0) is 0 Å². The molecule has 2 aliphatic rings. The summed E-state index contributed by atoms with van der Waals surface area (Å²) in [6.45, 7) is 7.77. The smallest absolute Gasteiger partial charge is 0.0558 e. The Labute approximate surface area is 183 Å². The molecule has 7 heteroatoms. The topological polar surface area (TPSA) is 38.7 Å². The summed E-state index contributed by atoms with van der Waals surface area (Å²) in [5, 5.41) is 12.5. The standard InChI is InChI=1S/C20H33N3O.3ClH/c24-17-16-23-14-12-22(13-15-23)11-3-10-21-20-8-6-19(7-9-20)18-4-1-2-5-18;;;/h6-9,18,21,24H,1-5,10-17H2;3*1H. The molecule has 2 N–H and O–H groups in total. The molecule has 0 unspecified atom stereocenters. The highest BCUT2D eigenvalue weighted by molar-refractivity contribution is 5.86. The second-order valence-corrected chi connectivity index (χ2v) is 7.29. The molecule has 0 bridgehead atoms. The maximum absolute atomic E-state index is 8.98. The highest BCUT2D eigenvalue weighted by atomic mass is 35.5. The summed E-state index contributed by atoms with van der Waals surface area (Å²) >= 11 is 0. The van der Waals surface area contributed by atoms with Gasteiger partial charge in [0.05, 0.1) is 6.61 Å². The summed E-state index contributed by atoms with van der Waals surface area (Å²) in [4.78, 5) is 4.89. The number of piperazine rings is 1. The van der Waals surface area contributed by atoms with Crippen LogP contribution in [-0.4, -0.2) is 67.3 Å². The molecule has 1 saturated heterocycles. The quantitative estimate of drug-likeness (QED) is 0.599. The van der Waals surface area contributed by atoms with Crippen molar-refractivity contribution in [3.8, 4) is 0 Å². The van der Waals surface area contributed by atoms with E-state index in [1.54, 1.807) is 0 Å². The van der Waals surface area contributed by atoms with E-state index in [1.807, 2.05) is 0 Å². The number of nitrogens with one attached hydrogen (secondary N) is 1. The predicted molar refractivity (Wildman–Crippen MR) is 122 cm³/mol. The van der Waals surface area contributed by atoms with Gasteiger partial charge in [0, 0.05) is 45.0 Å². The first-order valence-electron chi connectivity index (χ1n) is 9.74. The van der Waals surface area contributed by atoms with Crippen molar-refractivity contribution >= 4 is 42.9 Å². The Morgan fingerprint density at radius 3 is 1.96 bits per heavy atom. The van der Waals surface area contributed by atoms with Crippen LogP contribution >= 0.6 is 37.2 Å². The summed E-state index contributed by atoms with van der Waals surface area (Å²) in [5.74, 6) is 0.809. The summed E-state index contributed by atoms with van der Waals surface area (Å²) in [6.07, 6.45) is 6.74. The van der Waals surface area contributed by atoms with Crippen LogP contribution in [0.1, 0.15) is 43.6 Å². The Hall–Kier alpha value is -0.230. The van der Waals surface area contributed by atoms with E-state index in [0.29, 0.717) is 0 Å². The number of nitrogens with zero attached hydrogens (tertiary/aromatic N) is 2. The summed E-state index contributed by atoms with van der Waals surface area (Å²) in [6, 6.07) is 9.14. The fourth-order valence-electron chi connectivity index (χ4n) is 4.05. The van der Waals surface area contributed by atoms with Gasteiger partial charge in [-0.05, 0) is 49.4 Å². The maximum Gasteiger partial charge on any atom is 0.0558 e. The van der Waals surface area contributed by atoms with E-state index in [0.717, 1.165) is 45.2 Å². The number of anilines is 1. The van der Waals surface area contributed by atoms with Crippen molar-refractivity contribution in [2.75, 3.05) is 57.7 Å². The summed E-state index contributed by atoms with van der Waals surface area (Å²) < 4.78 is 0. The van der Waals surface area contributed by atoms with Crippen LogP contribution in [0.15, 0.2) is 24.3 Å². The van der Waals surface area contributed by atoms with Gasteiger partial charge in [0.1, 0.15) is 0 Å². The molecule has 1 aliphatic heterocycles. The molecule has 0 radical (unpaired) electrons. The van der Waals surface area contributed by atoms with Gasteiger partial charge in [-0.25, -0.2) is 0 Å². The lowest BCUT2D eigenvalue weighted by Gasteiger charge is -2.34. The van der Waals surface area contributed by atoms with Crippen LogP contribution in [0.25, 0.3) is 0 Å². The molecule has 0 spiro atoms. The first-order chi connectivity index (χ1) is 11.8. The Bertz CT molecular complexity index is 476. The second-order valence-electron chi connectivity index (χ2n) is 7.29. The van der Waals surface area contributed by atoms with Crippen LogP contribution in [0.5, 0.6) is 0 Å². The van der Waals surface area contributed by atoms with Crippen LogP contribution in [0.2, 0.25) is 0 Å². The van der Waals surface area contributed by atoms with Crippen LogP contribution in [0.3, 0.4) is 0 Å². The molecular formula is C20H36Cl3N3O. The third-order valence-corrected chi connectivity index (χ3v) is 5.60. The molecule has 0 atom stereocenters. The molecule has 158 valence electrons. The zero-order valence-corrected chi connectivity index (χ0v) is 18.6. The number of halogens is 3. The zero-order chi connectivity index (χ0) is 16.6. The minimum atomic E-state index is 0. The molecular weight excluding hydrogens is 405 g/mol. The normalized spacial score (nSPS) is 18.3. The number of rotatable bonds is 8. The molecule has 1 heterocycles. The Morgan fingerprint density at radius 1 is 0.852 bits per heavy atom. The maximum atomic E-state index is 8.98. The van der Waals surface area contributed by atoms with E-state index in [1.165, 1.54) is 49.9 Å². The molecule has 2 fully saturated rings. The second kappa shape index (κ2) is 14.7. The van der Waals surface area contributed by atoms with Crippen molar-refractivity contribution in [2.24, 2.45) is 0 Å². The SMILES string of the molecule is Cl.Cl.Cl.OCCN1CCN(CCCNc2ccc(C3CCCC3)cc2)CC1. The van der Waals surface area contributed by atoms with E-state index in [-0.39, 0.29) is 43.8 Å². The third kappa shape index (κ3) is 8.76. The Kier molecular flexibility index (Phi) is 14.6. The number of benzene rings is 1. The van der Waals surface area contributed by atoms with Crippen molar-refractivity contribution in [3.63, 3.8) is 0 Å². The highest BCUT2D eigenvalue weighted by Gasteiger charge is 2.17. The van der Waals surface area contributed by atoms with Gasteiger partial charge in [-0.15, -0.1) is 37.2 Å². The van der Waals surface area contributed by atoms with Gasteiger partial charge in [-0.3, -0.25) is 4.90 Å². The molecule has 1 aliphatic carbocycles. The van der Waals surface area contributed by atoms with Gasteiger partial charge >= 0.3 is 0 Å². The lowest BCUT2D eigenvalue weighted by atomic mass is 9.98. The highest BCUT2D eigenvalue weighted by Crippen LogP contribution is 2.34. The average Bonchev–Trinajstić information content (AvgIpc) is 3.16. The summed E-state index contributed by atoms with van der Waals surface area (Å²) in [5.41, 5.74) is 2.78. The number of aliphatic hydroxyl groups is 1. The molecule has 0 amide bonds. The number of β-amino-alcohol motifs (C(OH)–C–C–N with tert-alkyl or cyclic N) is 1. The van der Waals surface area contributed by atoms with Crippen molar-refractivity contribution < 1.29 is 5.11 Å². The number of hydrogen-bond acceptors (Lipinski definition) is 4. The minimum Gasteiger partial charge on any atom is -0.395 e. The van der Waals surface area contributed by atoms with Crippen molar-refractivity contribution in [1.82, 2.24) is 9.80 Å². The van der Waals surface area contributed by atoms with Gasteiger partial charge in [-0.1, -0.05) is 25.0 Å². The molecule has 1 aromatic rings. The first kappa shape index (κ1) is 26.8. The first-order valence-corrected chi connectivity index (χ1v) is 9.74. The van der Waals surface area contributed by atoms with Crippen molar-refractivity contribution in [1.29, 1.82) is 0 Å². The lowest BCUT2D eigenvalue weighted by molar-refractivity contribution is 0.112. The molecule has 4 nitrogen and oxygen atoms in total. The molecule has 27 heavy (non-hydrogen) atoms. The predicted octanol–water partition coefficient (Wildman–Crippen LogP) is 4.02. The molecule has 1 saturated carbocycles. The summed E-state index contributed by atoms with van der Waals surface area (Å²) in [7, 11) is 0. The van der Waals surface area contributed by atoms with E-state index < -0.39 is 0 Å². The molecule has 1 aromatic carbocycles. The zero-order valence-electron chi connectivity index (χ0n) is 16.1. The largest absolute Gasteiger partial charge is 0.395 e. The van der Waals surface area contributed by atoms with Crippen LogP contribution < -0.4 is 5.32 Å². The van der Waals surface area contributed by atoms with Crippen LogP contribution in [0, 0.1) is 0 Å². The van der Waals surface area contributed by atoms with E-state index in [2.05, 4.69) is 39.4 Å². The van der Waals surface area contributed by atoms with E-state index in [9.17, 15) is 0 Å². The van der Waals surface area contributed by atoms with Gasteiger partial charge in [-0.2, -0.15) is 0 Å². The van der Waals surface area contributed by atoms with Gasteiger partial charge in [0.2, 0.25) is 0 Å². The van der Waals surface area contributed by atoms with Gasteiger partial charge in [0.25, 0.3) is 0 Å². The monoisotopic (exact) mass is 439 g/mol. The number of hydrogen-bond donors (Lipinski definition) is 2. The molecule has 3 rings (SSSR count). The Morgan fingerprint density at radius 2 is 1.41 bits per heavy atom. The Balaban J connectivity index is 0.00000225. The van der Waals surface area contributed by atoms with E-state index >= 15 is 0 Å². The lowest BCUT2D eigenvalue weighted by Crippen LogP contribution is -2.47. The van der Waals surface area contributed by atoms with E-state index in [4.69, 9.17) is 5.11 Å². The fourth-order valence-corrected chi connectivity index (χ4v) is 4.05. The third-order valence-electron chi connectivity index (χ3n) is 5.60. The van der Waals surface area contributed by atoms with Gasteiger partial charge < -0.3 is 15.3 Å². The minimum absolute atomic E-state index is 0. The van der Waals surface area contributed by atoms with Crippen molar-refractivity contribution in [2.45, 2.75) is 38.0 Å². The molecule has 0 aromatic heterocycles. The fraction of sp³-hybridized carbons (Fsp3) is 0.700.